The number of carbonyl (C=O) groups excluding carboxylic acids is 1. The molecule has 124 valence electrons. The molecule has 0 aliphatic rings. The van der Waals surface area contributed by atoms with Gasteiger partial charge >= 0.3 is 0 Å². The van der Waals surface area contributed by atoms with Gasteiger partial charge in [-0.2, -0.15) is 0 Å². The van der Waals surface area contributed by atoms with Crippen molar-refractivity contribution in [2.45, 2.75) is 19.6 Å². The fourth-order valence-corrected chi connectivity index (χ4v) is 2.70. The molecule has 0 fully saturated rings. The average Bonchev–Trinajstić information content (AvgIpc) is 2.97. The molecule has 0 aliphatic carbocycles. The Hall–Kier alpha value is -2.79. The van der Waals surface area contributed by atoms with Gasteiger partial charge in [0.2, 0.25) is 5.91 Å². The Labute approximate surface area is 140 Å². The SMILES string of the molecule is CC(=O)Nc1ccc(NC[C@H](O)Cn2ccc3ccccc32)cc1. The third-order valence-corrected chi connectivity index (χ3v) is 3.83. The van der Waals surface area contributed by atoms with Crippen molar-refractivity contribution in [2.24, 2.45) is 0 Å². The van der Waals surface area contributed by atoms with Crippen molar-refractivity contribution in [3.8, 4) is 0 Å². The quantitative estimate of drug-likeness (QED) is 0.653. The third kappa shape index (κ3) is 3.94. The molecule has 3 rings (SSSR count). The number of nitrogens with zero attached hydrogens (tertiary/aromatic N) is 1. The van der Waals surface area contributed by atoms with Crippen LogP contribution in [0.1, 0.15) is 6.92 Å². The number of rotatable bonds is 6. The Balaban J connectivity index is 1.55. The van der Waals surface area contributed by atoms with Gasteiger partial charge in [-0.15, -0.1) is 0 Å². The summed E-state index contributed by atoms with van der Waals surface area (Å²) >= 11 is 0. The van der Waals surface area contributed by atoms with Gasteiger partial charge in [0.15, 0.2) is 0 Å². The van der Waals surface area contributed by atoms with E-state index in [-0.39, 0.29) is 5.91 Å². The third-order valence-electron chi connectivity index (χ3n) is 3.83. The Kier molecular flexibility index (Phi) is 4.82. The summed E-state index contributed by atoms with van der Waals surface area (Å²) in [7, 11) is 0. The molecule has 3 aromatic rings. The first-order valence-corrected chi connectivity index (χ1v) is 7.95. The minimum Gasteiger partial charge on any atom is -0.389 e. The number of amides is 1. The largest absolute Gasteiger partial charge is 0.389 e. The minimum atomic E-state index is -0.504. The second-order valence-corrected chi connectivity index (χ2v) is 5.82. The number of para-hydroxylation sites is 1. The van der Waals surface area contributed by atoms with Crippen molar-refractivity contribution in [3.05, 3.63) is 60.8 Å². The predicted octanol–water partition coefficient (Wildman–Crippen LogP) is 3.07. The molecule has 0 saturated heterocycles. The summed E-state index contributed by atoms with van der Waals surface area (Å²) in [5.74, 6) is -0.0925. The second kappa shape index (κ2) is 7.19. The predicted molar refractivity (Wildman–Crippen MR) is 97.2 cm³/mol. The number of hydrogen-bond acceptors (Lipinski definition) is 3. The molecule has 0 spiro atoms. The van der Waals surface area contributed by atoms with Crippen molar-refractivity contribution in [1.29, 1.82) is 0 Å². The van der Waals surface area contributed by atoms with Gasteiger partial charge in [-0.25, -0.2) is 0 Å². The van der Waals surface area contributed by atoms with Gasteiger partial charge < -0.3 is 20.3 Å². The minimum absolute atomic E-state index is 0.0925. The number of aliphatic hydroxyl groups excluding tert-OH is 1. The zero-order valence-electron chi connectivity index (χ0n) is 13.6. The number of aromatic nitrogens is 1. The lowest BCUT2D eigenvalue weighted by atomic mass is 10.2. The monoisotopic (exact) mass is 323 g/mol. The van der Waals surface area contributed by atoms with Crippen LogP contribution in [-0.4, -0.2) is 28.2 Å². The van der Waals surface area contributed by atoms with Crippen LogP contribution in [0.4, 0.5) is 11.4 Å². The summed E-state index contributed by atoms with van der Waals surface area (Å²) in [6, 6.07) is 17.6. The lowest BCUT2D eigenvalue weighted by Crippen LogP contribution is -2.24. The Morgan fingerprint density at radius 2 is 1.79 bits per heavy atom. The van der Waals surface area contributed by atoms with Crippen molar-refractivity contribution >= 4 is 28.2 Å². The normalized spacial score (nSPS) is 12.1. The number of benzene rings is 2. The van der Waals surface area contributed by atoms with Crippen molar-refractivity contribution in [2.75, 3.05) is 17.2 Å². The van der Waals surface area contributed by atoms with Gasteiger partial charge in [0.25, 0.3) is 0 Å². The van der Waals surface area contributed by atoms with Gasteiger partial charge in [0, 0.05) is 36.6 Å². The van der Waals surface area contributed by atoms with Crippen LogP contribution in [0, 0.1) is 0 Å². The summed E-state index contributed by atoms with van der Waals surface area (Å²) < 4.78 is 2.06. The van der Waals surface area contributed by atoms with E-state index in [0.717, 1.165) is 16.9 Å². The summed E-state index contributed by atoms with van der Waals surface area (Å²) in [4.78, 5) is 11.0. The number of hydrogen-bond donors (Lipinski definition) is 3. The Morgan fingerprint density at radius 1 is 1.08 bits per heavy atom. The topological polar surface area (TPSA) is 66.3 Å². The van der Waals surface area contributed by atoms with E-state index in [1.54, 1.807) is 0 Å². The molecule has 24 heavy (non-hydrogen) atoms. The van der Waals surface area contributed by atoms with E-state index in [2.05, 4.69) is 33.4 Å². The van der Waals surface area contributed by atoms with E-state index in [0.29, 0.717) is 13.1 Å². The molecular formula is C19H21N3O2. The van der Waals surface area contributed by atoms with Crippen LogP contribution in [0.3, 0.4) is 0 Å². The van der Waals surface area contributed by atoms with Crippen molar-refractivity contribution in [1.82, 2.24) is 4.57 Å². The first-order chi connectivity index (χ1) is 11.6. The van der Waals surface area contributed by atoms with Gasteiger partial charge in [0.1, 0.15) is 0 Å². The molecule has 0 unspecified atom stereocenters. The Bertz CT molecular complexity index is 824. The number of anilines is 2. The number of aliphatic hydroxyl groups is 1. The molecule has 2 aromatic carbocycles. The average molecular weight is 323 g/mol. The molecule has 3 N–H and O–H groups in total. The van der Waals surface area contributed by atoms with Gasteiger partial charge in [-0.1, -0.05) is 18.2 Å². The molecule has 5 nitrogen and oxygen atoms in total. The maximum Gasteiger partial charge on any atom is 0.221 e. The highest BCUT2D eigenvalue weighted by molar-refractivity contribution is 5.88. The summed E-state index contributed by atoms with van der Waals surface area (Å²) in [5.41, 5.74) is 2.78. The van der Waals surface area contributed by atoms with Crippen LogP contribution in [0.15, 0.2) is 60.8 Å². The van der Waals surface area contributed by atoms with Crippen LogP contribution < -0.4 is 10.6 Å². The Morgan fingerprint density at radius 3 is 2.54 bits per heavy atom. The molecule has 1 heterocycles. The van der Waals surface area contributed by atoms with Crippen LogP contribution in [0.25, 0.3) is 10.9 Å². The first kappa shape index (κ1) is 16.1. The van der Waals surface area contributed by atoms with E-state index < -0.39 is 6.10 Å². The molecule has 5 heteroatoms. The van der Waals surface area contributed by atoms with E-state index >= 15 is 0 Å². The zero-order chi connectivity index (χ0) is 16.9. The molecular weight excluding hydrogens is 302 g/mol. The smallest absolute Gasteiger partial charge is 0.221 e. The lowest BCUT2D eigenvalue weighted by Gasteiger charge is -2.15. The lowest BCUT2D eigenvalue weighted by molar-refractivity contribution is -0.114. The van der Waals surface area contributed by atoms with Gasteiger partial charge in [-0.3, -0.25) is 4.79 Å². The highest BCUT2D eigenvalue weighted by Crippen LogP contribution is 2.16. The molecule has 0 saturated carbocycles. The fraction of sp³-hybridized carbons (Fsp3) is 0.211. The number of carbonyl (C=O) groups is 1. The van der Waals surface area contributed by atoms with Crippen LogP contribution >= 0.6 is 0 Å². The molecule has 0 radical (unpaired) electrons. The molecule has 1 amide bonds. The maximum absolute atomic E-state index is 11.0. The van der Waals surface area contributed by atoms with Crippen LogP contribution in [0.5, 0.6) is 0 Å². The maximum atomic E-state index is 11.0. The number of nitrogens with one attached hydrogen (secondary N) is 2. The summed E-state index contributed by atoms with van der Waals surface area (Å²) in [5, 5.41) is 17.4. The number of fused-ring (bicyclic) bond motifs is 1. The standard InChI is InChI=1S/C19H21N3O2/c1-14(23)21-17-8-6-16(7-9-17)20-12-18(24)13-22-11-10-15-4-2-3-5-19(15)22/h2-11,18,20,24H,12-13H2,1H3,(H,21,23)/t18-/m0/s1. The molecule has 0 bridgehead atoms. The zero-order valence-corrected chi connectivity index (χ0v) is 13.6. The van der Waals surface area contributed by atoms with Crippen LogP contribution in [0.2, 0.25) is 0 Å². The van der Waals surface area contributed by atoms with Gasteiger partial charge in [-0.05, 0) is 41.8 Å². The summed E-state index contributed by atoms with van der Waals surface area (Å²) in [6.07, 6.45) is 1.49. The molecule has 0 aliphatic heterocycles. The second-order valence-electron chi connectivity index (χ2n) is 5.82. The van der Waals surface area contributed by atoms with Crippen molar-refractivity contribution in [3.63, 3.8) is 0 Å². The van der Waals surface area contributed by atoms with Gasteiger partial charge in [0.05, 0.1) is 12.6 Å². The highest BCUT2D eigenvalue weighted by atomic mass is 16.3. The van der Waals surface area contributed by atoms with E-state index in [1.165, 1.54) is 12.3 Å². The first-order valence-electron chi connectivity index (χ1n) is 7.95. The molecule has 1 atom stereocenters. The molecule has 1 aromatic heterocycles. The fourth-order valence-electron chi connectivity index (χ4n) is 2.70. The van der Waals surface area contributed by atoms with Crippen molar-refractivity contribution < 1.29 is 9.90 Å². The summed E-state index contributed by atoms with van der Waals surface area (Å²) in [6.45, 7) is 2.46. The highest BCUT2D eigenvalue weighted by Gasteiger charge is 2.07. The van der Waals surface area contributed by atoms with E-state index in [1.807, 2.05) is 42.6 Å². The van der Waals surface area contributed by atoms with E-state index in [9.17, 15) is 9.90 Å². The van der Waals surface area contributed by atoms with E-state index in [4.69, 9.17) is 0 Å². The van der Waals surface area contributed by atoms with Crippen LogP contribution in [-0.2, 0) is 11.3 Å².